The summed E-state index contributed by atoms with van der Waals surface area (Å²) < 4.78 is 6.64. The van der Waals surface area contributed by atoms with Crippen molar-refractivity contribution in [2.24, 2.45) is 0 Å². The molecule has 1 atom stereocenters. The highest BCUT2D eigenvalue weighted by molar-refractivity contribution is 9.10. The molecule has 1 unspecified atom stereocenters. The molecule has 0 saturated heterocycles. The first-order valence-corrected chi connectivity index (χ1v) is 7.23. The fourth-order valence-electron chi connectivity index (χ4n) is 2.02. The molecule has 1 aromatic rings. The SMILES string of the molecule is CNCC(CCC(C)(C)OC)c1cccc(Br)c1. The molecule has 0 aliphatic rings. The minimum absolute atomic E-state index is 0.0436. The van der Waals surface area contributed by atoms with E-state index in [1.54, 1.807) is 7.11 Å². The lowest BCUT2D eigenvalue weighted by molar-refractivity contribution is 0.0124. The molecule has 0 aliphatic heterocycles. The Morgan fingerprint density at radius 3 is 2.67 bits per heavy atom. The van der Waals surface area contributed by atoms with Crippen molar-refractivity contribution in [1.29, 1.82) is 0 Å². The summed E-state index contributed by atoms with van der Waals surface area (Å²) in [5.74, 6) is 0.530. The zero-order valence-electron chi connectivity index (χ0n) is 11.8. The van der Waals surface area contributed by atoms with Crippen LogP contribution in [0.5, 0.6) is 0 Å². The Bertz CT molecular complexity index is 365. The van der Waals surface area contributed by atoms with Gasteiger partial charge in [0, 0.05) is 18.1 Å². The van der Waals surface area contributed by atoms with Crippen molar-refractivity contribution in [2.45, 2.75) is 38.2 Å². The normalized spacial score (nSPS) is 13.6. The first-order chi connectivity index (χ1) is 8.48. The molecule has 0 spiro atoms. The van der Waals surface area contributed by atoms with Crippen molar-refractivity contribution in [1.82, 2.24) is 5.32 Å². The van der Waals surface area contributed by atoms with Gasteiger partial charge in [0.25, 0.3) is 0 Å². The van der Waals surface area contributed by atoms with Gasteiger partial charge in [-0.2, -0.15) is 0 Å². The summed E-state index contributed by atoms with van der Waals surface area (Å²) in [4.78, 5) is 0. The maximum Gasteiger partial charge on any atom is 0.0623 e. The van der Waals surface area contributed by atoms with E-state index in [9.17, 15) is 0 Å². The second-order valence-corrected chi connectivity index (χ2v) is 6.23. The van der Waals surface area contributed by atoms with E-state index in [1.807, 2.05) is 7.05 Å². The van der Waals surface area contributed by atoms with Crippen molar-refractivity contribution in [2.75, 3.05) is 20.7 Å². The van der Waals surface area contributed by atoms with Gasteiger partial charge in [-0.3, -0.25) is 0 Å². The van der Waals surface area contributed by atoms with E-state index in [1.165, 1.54) is 5.56 Å². The number of halogens is 1. The van der Waals surface area contributed by atoms with E-state index in [2.05, 4.69) is 59.4 Å². The van der Waals surface area contributed by atoms with Crippen molar-refractivity contribution >= 4 is 15.9 Å². The number of benzene rings is 1. The van der Waals surface area contributed by atoms with Gasteiger partial charge in [-0.05, 0) is 57.4 Å². The first-order valence-electron chi connectivity index (χ1n) is 6.44. The Balaban J connectivity index is 2.71. The van der Waals surface area contributed by atoms with Crippen LogP contribution >= 0.6 is 15.9 Å². The third-order valence-corrected chi connectivity index (χ3v) is 3.91. The summed E-state index contributed by atoms with van der Waals surface area (Å²) >= 11 is 3.54. The standard InChI is InChI=1S/C15H24BrNO/c1-15(2,18-4)9-8-13(11-17-3)12-6-5-7-14(16)10-12/h5-7,10,13,17H,8-9,11H2,1-4H3. The van der Waals surface area contributed by atoms with Gasteiger partial charge in [0.05, 0.1) is 5.60 Å². The lowest BCUT2D eigenvalue weighted by Crippen LogP contribution is -2.25. The fourth-order valence-corrected chi connectivity index (χ4v) is 2.43. The van der Waals surface area contributed by atoms with Crippen LogP contribution in [0.2, 0.25) is 0 Å². The molecule has 1 rings (SSSR count). The summed E-state index contributed by atoms with van der Waals surface area (Å²) in [5, 5.41) is 3.28. The summed E-state index contributed by atoms with van der Waals surface area (Å²) in [5.41, 5.74) is 1.34. The maximum absolute atomic E-state index is 5.50. The lowest BCUT2D eigenvalue weighted by Gasteiger charge is -2.26. The molecule has 0 amide bonds. The van der Waals surface area contributed by atoms with Crippen molar-refractivity contribution < 1.29 is 4.74 Å². The van der Waals surface area contributed by atoms with Crippen molar-refractivity contribution in [3.05, 3.63) is 34.3 Å². The zero-order valence-corrected chi connectivity index (χ0v) is 13.4. The smallest absolute Gasteiger partial charge is 0.0623 e. The molecule has 0 heterocycles. The van der Waals surface area contributed by atoms with Crippen LogP contribution in [-0.2, 0) is 4.74 Å². The topological polar surface area (TPSA) is 21.3 Å². The zero-order chi connectivity index (χ0) is 13.6. The minimum atomic E-state index is -0.0436. The van der Waals surface area contributed by atoms with Gasteiger partial charge in [-0.15, -0.1) is 0 Å². The van der Waals surface area contributed by atoms with Gasteiger partial charge in [0.15, 0.2) is 0 Å². The van der Waals surface area contributed by atoms with Crippen LogP contribution in [0.1, 0.15) is 38.2 Å². The molecular weight excluding hydrogens is 290 g/mol. The highest BCUT2D eigenvalue weighted by atomic mass is 79.9. The number of methoxy groups -OCH3 is 1. The molecular formula is C15H24BrNO. The second-order valence-electron chi connectivity index (χ2n) is 5.31. The lowest BCUT2D eigenvalue weighted by atomic mass is 9.89. The number of ether oxygens (including phenoxy) is 1. The monoisotopic (exact) mass is 313 g/mol. The van der Waals surface area contributed by atoms with E-state index in [0.29, 0.717) is 5.92 Å². The largest absolute Gasteiger partial charge is 0.379 e. The van der Waals surface area contributed by atoms with Gasteiger partial charge in [-0.1, -0.05) is 28.1 Å². The van der Waals surface area contributed by atoms with E-state index >= 15 is 0 Å². The molecule has 0 aliphatic carbocycles. The van der Waals surface area contributed by atoms with Crippen LogP contribution in [0.3, 0.4) is 0 Å². The average Bonchev–Trinajstić information content (AvgIpc) is 2.34. The number of hydrogen-bond donors (Lipinski definition) is 1. The summed E-state index contributed by atoms with van der Waals surface area (Å²) in [6, 6.07) is 8.58. The molecule has 1 N–H and O–H groups in total. The Morgan fingerprint density at radius 2 is 2.11 bits per heavy atom. The van der Waals surface area contributed by atoms with E-state index in [0.717, 1.165) is 23.9 Å². The number of hydrogen-bond acceptors (Lipinski definition) is 2. The number of nitrogens with one attached hydrogen (secondary N) is 1. The predicted octanol–water partition coefficient (Wildman–Crippen LogP) is 3.96. The Morgan fingerprint density at radius 1 is 1.39 bits per heavy atom. The van der Waals surface area contributed by atoms with Crippen LogP contribution in [0.15, 0.2) is 28.7 Å². The van der Waals surface area contributed by atoms with Crippen LogP contribution in [0.25, 0.3) is 0 Å². The van der Waals surface area contributed by atoms with E-state index < -0.39 is 0 Å². The fraction of sp³-hybridized carbons (Fsp3) is 0.600. The highest BCUT2D eigenvalue weighted by Crippen LogP contribution is 2.27. The molecule has 3 heteroatoms. The molecule has 1 aromatic carbocycles. The summed E-state index contributed by atoms with van der Waals surface area (Å²) in [7, 11) is 3.79. The summed E-state index contributed by atoms with van der Waals surface area (Å²) in [6.07, 6.45) is 2.18. The third kappa shape index (κ3) is 5.09. The second kappa shape index (κ2) is 7.27. The predicted molar refractivity (Wildman–Crippen MR) is 81.1 cm³/mol. The van der Waals surface area contributed by atoms with Crippen molar-refractivity contribution in [3.63, 3.8) is 0 Å². The van der Waals surface area contributed by atoms with Crippen LogP contribution in [0.4, 0.5) is 0 Å². The average molecular weight is 314 g/mol. The Hall–Kier alpha value is -0.380. The van der Waals surface area contributed by atoms with Gasteiger partial charge < -0.3 is 10.1 Å². The Kier molecular flexibility index (Phi) is 6.33. The maximum atomic E-state index is 5.50. The molecule has 18 heavy (non-hydrogen) atoms. The third-order valence-electron chi connectivity index (χ3n) is 3.42. The first kappa shape index (κ1) is 15.7. The van der Waals surface area contributed by atoms with Gasteiger partial charge in [0.2, 0.25) is 0 Å². The molecule has 0 aromatic heterocycles. The van der Waals surface area contributed by atoms with E-state index in [-0.39, 0.29) is 5.60 Å². The van der Waals surface area contributed by atoms with Gasteiger partial charge in [-0.25, -0.2) is 0 Å². The highest BCUT2D eigenvalue weighted by Gasteiger charge is 2.20. The van der Waals surface area contributed by atoms with Gasteiger partial charge in [0.1, 0.15) is 0 Å². The van der Waals surface area contributed by atoms with Gasteiger partial charge >= 0.3 is 0 Å². The van der Waals surface area contributed by atoms with Crippen LogP contribution in [0, 0.1) is 0 Å². The summed E-state index contributed by atoms with van der Waals surface area (Å²) in [6.45, 7) is 5.28. The van der Waals surface area contributed by atoms with E-state index in [4.69, 9.17) is 4.74 Å². The molecule has 0 bridgehead atoms. The molecule has 0 radical (unpaired) electrons. The Labute approximate surface area is 119 Å². The van der Waals surface area contributed by atoms with Crippen LogP contribution in [-0.4, -0.2) is 26.3 Å². The molecule has 0 fully saturated rings. The quantitative estimate of drug-likeness (QED) is 0.822. The minimum Gasteiger partial charge on any atom is -0.379 e. The molecule has 0 saturated carbocycles. The molecule has 102 valence electrons. The number of rotatable bonds is 7. The molecule has 2 nitrogen and oxygen atoms in total. The van der Waals surface area contributed by atoms with Crippen LogP contribution < -0.4 is 5.32 Å². The van der Waals surface area contributed by atoms with Crippen molar-refractivity contribution in [3.8, 4) is 0 Å². The number of likely N-dealkylation sites (N-methyl/N-ethyl adjacent to an activating group) is 1.